The van der Waals surface area contributed by atoms with Gasteiger partial charge in [-0.15, -0.1) is 0 Å². The molecular formula is C26H27ClF2N4O2. The van der Waals surface area contributed by atoms with Crippen molar-refractivity contribution in [1.29, 1.82) is 0 Å². The first kappa shape index (κ1) is 24.0. The van der Waals surface area contributed by atoms with E-state index in [2.05, 4.69) is 20.6 Å². The van der Waals surface area contributed by atoms with Crippen LogP contribution in [0, 0.1) is 11.7 Å². The molecule has 6 nitrogen and oxygen atoms in total. The van der Waals surface area contributed by atoms with Gasteiger partial charge in [-0.2, -0.15) is 0 Å². The number of benzene rings is 2. The largest absolute Gasteiger partial charge is 0.381 e. The Morgan fingerprint density at radius 3 is 2.83 bits per heavy atom. The van der Waals surface area contributed by atoms with Crippen molar-refractivity contribution in [2.24, 2.45) is 5.92 Å². The Labute approximate surface area is 207 Å². The van der Waals surface area contributed by atoms with Crippen LogP contribution in [0.5, 0.6) is 0 Å². The number of hydrogen-bond acceptors (Lipinski definition) is 5. The quantitative estimate of drug-likeness (QED) is 0.519. The van der Waals surface area contributed by atoms with Crippen molar-refractivity contribution < 1.29 is 18.3 Å². The lowest BCUT2D eigenvalue weighted by Crippen LogP contribution is -2.44. The molecular weight excluding hydrogens is 474 g/mol. The molecule has 0 bridgehead atoms. The Kier molecular flexibility index (Phi) is 6.95. The number of fused-ring (bicyclic) bond motifs is 1. The molecule has 2 aliphatic rings. The van der Waals surface area contributed by atoms with E-state index in [-0.39, 0.29) is 18.0 Å². The van der Waals surface area contributed by atoms with Crippen LogP contribution in [0.2, 0.25) is 5.02 Å². The number of rotatable bonds is 6. The first-order valence-electron chi connectivity index (χ1n) is 11.9. The van der Waals surface area contributed by atoms with E-state index in [1.165, 1.54) is 18.2 Å². The maximum atomic E-state index is 15.9. The standard InChI is InChI=1S/C26H27ClF2N4O2/c27-20-12-17(3-4-21(20)28)24(26(29)7-8-30-15-26)33-25(34)18-1-2-19-14-31-23(32-22(19)13-18)11-16-5-9-35-10-6-16/h1-4,12-14,16,24,30H,5-11,15H2,(H,33,34)/t24-,26-/m1/s1. The molecule has 184 valence electrons. The highest BCUT2D eigenvalue weighted by Crippen LogP contribution is 2.36. The molecule has 35 heavy (non-hydrogen) atoms. The number of ether oxygens (including phenoxy) is 1. The van der Waals surface area contributed by atoms with Crippen LogP contribution in [-0.4, -0.2) is 47.8 Å². The van der Waals surface area contributed by atoms with Gasteiger partial charge in [-0.1, -0.05) is 23.7 Å². The van der Waals surface area contributed by atoms with Crippen LogP contribution in [0.4, 0.5) is 8.78 Å². The minimum Gasteiger partial charge on any atom is -0.381 e. The fourth-order valence-electron chi connectivity index (χ4n) is 4.85. The zero-order valence-corrected chi connectivity index (χ0v) is 20.0. The molecule has 2 atom stereocenters. The molecule has 3 heterocycles. The van der Waals surface area contributed by atoms with Crippen molar-refractivity contribution in [3.05, 3.63) is 70.4 Å². The van der Waals surface area contributed by atoms with E-state index in [1.807, 2.05) is 0 Å². The lowest BCUT2D eigenvalue weighted by molar-refractivity contribution is 0.0660. The molecule has 2 fully saturated rings. The van der Waals surface area contributed by atoms with Crippen molar-refractivity contribution in [3.8, 4) is 0 Å². The molecule has 2 aliphatic heterocycles. The summed E-state index contributed by atoms with van der Waals surface area (Å²) in [5, 5.41) is 6.54. The summed E-state index contributed by atoms with van der Waals surface area (Å²) < 4.78 is 35.0. The number of carbonyl (C=O) groups is 1. The van der Waals surface area contributed by atoms with Gasteiger partial charge in [0.25, 0.3) is 5.91 Å². The van der Waals surface area contributed by atoms with Gasteiger partial charge in [0.15, 0.2) is 0 Å². The Morgan fingerprint density at radius 1 is 1.26 bits per heavy atom. The third-order valence-corrected chi connectivity index (χ3v) is 7.20. The SMILES string of the molecule is O=C(N[C@H](c1ccc(F)c(Cl)c1)[C@@]1(F)CCNC1)c1ccc2cnc(CC3CCOCC3)nc2c1. The van der Waals surface area contributed by atoms with Crippen LogP contribution in [0.15, 0.2) is 42.6 Å². The summed E-state index contributed by atoms with van der Waals surface area (Å²) in [6.45, 7) is 2.08. The number of nitrogens with one attached hydrogen (secondary N) is 2. The molecule has 1 amide bonds. The third-order valence-electron chi connectivity index (χ3n) is 6.91. The fraction of sp³-hybridized carbons (Fsp3) is 0.423. The fourth-order valence-corrected chi connectivity index (χ4v) is 5.04. The molecule has 9 heteroatoms. The Bertz CT molecular complexity index is 1230. The minimum absolute atomic E-state index is 0.0768. The number of carbonyl (C=O) groups excluding carboxylic acids is 1. The van der Waals surface area contributed by atoms with Gasteiger partial charge in [0.05, 0.1) is 16.6 Å². The van der Waals surface area contributed by atoms with E-state index >= 15 is 4.39 Å². The van der Waals surface area contributed by atoms with Gasteiger partial charge in [0.1, 0.15) is 17.3 Å². The van der Waals surface area contributed by atoms with Gasteiger partial charge in [0.2, 0.25) is 0 Å². The molecule has 0 unspecified atom stereocenters. The molecule has 3 aromatic rings. The second-order valence-corrected chi connectivity index (χ2v) is 9.77. The van der Waals surface area contributed by atoms with E-state index in [0.717, 1.165) is 43.7 Å². The predicted octanol–water partition coefficient (Wildman–Crippen LogP) is 4.56. The first-order chi connectivity index (χ1) is 16.9. The van der Waals surface area contributed by atoms with Gasteiger partial charge >= 0.3 is 0 Å². The summed E-state index contributed by atoms with van der Waals surface area (Å²) in [7, 11) is 0. The number of amides is 1. The van der Waals surface area contributed by atoms with E-state index in [9.17, 15) is 9.18 Å². The van der Waals surface area contributed by atoms with Gasteiger partial charge in [-0.3, -0.25) is 4.79 Å². The molecule has 0 spiro atoms. The average molecular weight is 501 g/mol. The smallest absolute Gasteiger partial charge is 0.251 e. The monoisotopic (exact) mass is 500 g/mol. The van der Waals surface area contributed by atoms with Crippen LogP contribution in [0.1, 0.15) is 47.1 Å². The van der Waals surface area contributed by atoms with E-state index in [1.54, 1.807) is 24.4 Å². The van der Waals surface area contributed by atoms with Crippen molar-refractivity contribution in [3.63, 3.8) is 0 Å². The zero-order chi connectivity index (χ0) is 24.4. The van der Waals surface area contributed by atoms with Crippen molar-refractivity contribution in [2.75, 3.05) is 26.3 Å². The van der Waals surface area contributed by atoms with E-state index < -0.39 is 23.4 Å². The van der Waals surface area contributed by atoms with Gasteiger partial charge in [-0.05, 0) is 61.6 Å². The molecule has 2 N–H and O–H groups in total. The van der Waals surface area contributed by atoms with Crippen LogP contribution in [0.3, 0.4) is 0 Å². The second kappa shape index (κ2) is 10.1. The van der Waals surface area contributed by atoms with Crippen LogP contribution >= 0.6 is 11.6 Å². The van der Waals surface area contributed by atoms with Crippen LogP contribution in [-0.2, 0) is 11.2 Å². The highest BCUT2D eigenvalue weighted by Gasteiger charge is 2.44. The summed E-state index contributed by atoms with van der Waals surface area (Å²) in [6.07, 6.45) is 4.72. The molecule has 2 saturated heterocycles. The Morgan fingerprint density at radius 2 is 2.09 bits per heavy atom. The summed E-state index contributed by atoms with van der Waals surface area (Å²) in [5.74, 6) is 0.187. The summed E-state index contributed by atoms with van der Waals surface area (Å²) in [5.41, 5.74) is -0.292. The second-order valence-electron chi connectivity index (χ2n) is 9.36. The lowest BCUT2D eigenvalue weighted by Gasteiger charge is -2.31. The number of hydrogen-bond donors (Lipinski definition) is 2. The molecule has 0 saturated carbocycles. The number of halogens is 3. The maximum Gasteiger partial charge on any atom is 0.251 e. The highest BCUT2D eigenvalue weighted by molar-refractivity contribution is 6.30. The number of alkyl halides is 1. The first-order valence-corrected chi connectivity index (χ1v) is 12.3. The van der Waals surface area contributed by atoms with Crippen molar-refractivity contribution in [2.45, 2.75) is 37.4 Å². The molecule has 0 aliphatic carbocycles. The summed E-state index contributed by atoms with van der Waals surface area (Å²) >= 11 is 5.97. The molecule has 1 aromatic heterocycles. The topological polar surface area (TPSA) is 76.1 Å². The Hall–Kier alpha value is -2.68. The van der Waals surface area contributed by atoms with E-state index in [0.29, 0.717) is 29.1 Å². The van der Waals surface area contributed by atoms with Crippen molar-refractivity contribution in [1.82, 2.24) is 20.6 Å². The normalized spacial score (nSPS) is 21.8. The lowest BCUT2D eigenvalue weighted by atomic mass is 9.89. The van der Waals surface area contributed by atoms with Gasteiger partial charge in [-0.25, -0.2) is 18.7 Å². The minimum atomic E-state index is -1.73. The van der Waals surface area contributed by atoms with Gasteiger partial charge in [0, 0.05) is 43.3 Å². The predicted molar refractivity (Wildman–Crippen MR) is 130 cm³/mol. The Balaban J connectivity index is 1.40. The van der Waals surface area contributed by atoms with Crippen LogP contribution in [0.25, 0.3) is 10.9 Å². The number of nitrogens with zero attached hydrogens (tertiary/aromatic N) is 2. The van der Waals surface area contributed by atoms with Crippen molar-refractivity contribution >= 4 is 28.4 Å². The molecule has 5 rings (SSSR count). The average Bonchev–Trinajstić information content (AvgIpc) is 3.31. The zero-order valence-electron chi connectivity index (χ0n) is 19.2. The van der Waals surface area contributed by atoms with Crippen LogP contribution < -0.4 is 10.6 Å². The van der Waals surface area contributed by atoms with E-state index in [4.69, 9.17) is 16.3 Å². The highest BCUT2D eigenvalue weighted by atomic mass is 35.5. The maximum absolute atomic E-state index is 15.9. The molecule has 0 radical (unpaired) electrons. The molecule has 2 aromatic carbocycles. The van der Waals surface area contributed by atoms with Gasteiger partial charge < -0.3 is 15.4 Å². The third kappa shape index (κ3) is 5.29. The number of aromatic nitrogens is 2. The summed E-state index contributed by atoms with van der Waals surface area (Å²) in [4.78, 5) is 22.4. The summed E-state index contributed by atoms with van der Waals surface area (Å²) in [6, 6.07) is 8.19.